The first-order valence-electron chi connectivity index (χ1n) is 13.1. The van der Waals surface area contributed by atoms with Gasteiger partial charge in [-0.2, -0.15) is 0 Å². The molecule has 9 heteroatoms. The van der Waals surface area contributed by atoms with Gasteiger partial charge in [0.1, 0.15) is 11.6 Å². The van der Waals surface area contributed by atoms with Crippen molar-refractivity contribution in [1.82, 2.24) is 10.6 Å². The molecule has 1 unspecified atom stereocenters. The molecule has 4 atom stereocenters. The summed E-state index contributed by atoms with van der Waals surface area (Å²) in [6.45, 7) is 12.3. The first-order chi connectivity index (χ1) is 18.1. The molecule has 2 fully saturated rings. The Balaban J connectivity index is 1.58. The van der Waals surface area contributed by atoms with E-state index < -0.39 is 40.9 Å². The normalized spacial score (nSPS) is 22.8. The zero-order valence-electron chi connectivity index (χ0n) is 24.0. The van der Waals surface area contributed by atoms with Crippen molar-refractivity contribution < 1.29 is 33.3 Å². The molecular formula is C30H40N2O7. The molecule has 39 heavy (non-hydrogen) atoms. The lowest BCUT2D eigenvalue weighted by atomic mass is 9.94. The molecule has 9 nitrogen and oxygen atoms in total. The quantitative estimate of drug-likeness (QED) is 0.413. The third-order valence-electron chi connectivity index (χ3n) is 6.43. The van der Waals surface area contributed by atoms with Crippen LogP contribution < -0.4 is 10.6 Å². The van der Waals surface area contributed by atoms with Crippen molar-refractivity contribution in [1.29, 1.82) is 0 Å². The number of nitrogens with one attached hydrogen (secondary N) is 2. The molecule has 0 bridgehead atoms. The van der Waals surface area contributed by atoms with E-state index in [1.54, 1.807) is 58.9 Å². The first-order valence-corrected chi connectivity index (χ1v) is 13.1. The molecule has 0 radical (unpaired) electrons. The number of hydrogen-bond donors (Lipinski definition) is 2. The number of carbonyl (C=O) groups excluding carboxylic acids is 3. The average molecular weight is 541 g/mol. The predicted octanol–water partition coefficient (Wildman–Crippen LogP) is 4.10. The van der Waals surface area contributed by atoms with Crippen LogP contribution in [0.5, 0.6) is 0 Å². The number of esters is 1. The topological polar surface area (TPSA) is 112 Å². The summed E-state index contributed by atoms with van der Waals surface area (Å²) in [7, 11) is 1.22. The van der Waals surface area contributed by atoms with Crippen LogP contribution in [-0.4, -0.2) is 60.3 Å². The lowest BCUT2D eigenvalue weighted by Gasteiger charge is -2.34. The Labute approximate surface area is 231 Å². The van der Waals surface area contributed by atoms with Gasteiger partial charge < -0.3 is 29.6 Å². The molecular weight excluding hydrogens is 500 g/mol. The standard InChI is InChI=1S/C30H40N2O7/c1-28(2,3)39-27(35)32-29(4,5)24(26(34)36-8)31-25(33)21-15-13-19(14-16-21)11-9-10-12-20-17-22-23(18-20)38-30(6,7)37-22/h10,12-16,20,22-24H,17-18H2,1-8H3,(H,31,33)(H,32,35)/t20?,22-,23+,24-/m1/s1. The van der Waals surface area contributed by atoms with Gasteiger partial charge in [0.15, 0.2) is 5.79 Å². The number of rotatable bonds is 6. The number of ether oxygens (including phenoxy) is 4. The van der Waals surface area contributed by atoms with E-state index in [2.05, 4.69) is 28.6 Å². The SMILES string of the molecule is COC(=O)[C@@H](NC(=O)c1ccc(C#CC=CC2C[C@@H]3OC(C)(C)O[C@@H]3C2)cc1)C(C)(C)NC(=O)OC(C)(C)C. The number of allylic oxidation sites excluding steroid dienone is 2. The molecule has 1 saturated heterocycles. The highest BCUT2D eigenvalue weighted by molar-refractivity contribution is 5.97. The Hall–Kier alpha value is -3.35. The van der Waals surface area contributed by atoms with E-state index in [1.165, 1.54) is 7.11 Å². The Kier molecular flexibility index (Phi) is 9.14. The molecule has 1 aliphatic carbocycles. The molecule has 1 aromatic rings. The second-order valence-corrected chi connectivity index (χ2v) is 11.9. The molecule has 0 aromatic heterocycles. The van der Waals surface area contributed by atoms with E-state index in [4.69, 9.17) is 18.9 Å². The molecule has 1 heterocycles. The predicted molar refractivity (Wildman–Crippen MR) is 146 cm³/mol. The summed E-state index contributed by atoms with van der Waals surface area (Å²) in [4.78, 5) is 37.8. The first kappa shape index (κ1) is 30.2. The minimum atomic E-state index is -1.20. The van der Waals surface area contributed by atoms with Gasteiger partial charge in [0.05, 0.1) is 24.9 Å². The van der Waals surface area contributed by atoms with Crippen LogP contribution in [0.2, 0.25) is 0 Å². The van der Waals surface area contributed by atoms with E-state index in [1.807, 2.05) is 19.9 Å². The van der Waals surface area contributed by atoms with Gasteiger partial charge in [0.25, 0.3) is 5.91 Å². The molecule has 2 amide bonds. The zero-order valence-corrected chi connectivity index (χ0v) is 24.0. The van der Waals surface area contributed by atoms with E-state index in [0.717, 1.165) is 18.4 Å². The smallest absolute Gasteiger partial charge is 0.408 e. The number of carbonyl (C=O) groups is 3. The lowest BCUT2D eigenvalue weighted by molar-refractivity contribution is -0.152. The minimum absolute atomic E-state index is 0.138. The van der Waals surface area contributed by atoms with Gasteiger partial charge in [-0.15, -0.1) is 0 Å². The highest BCUT2D eigenvalue weighted by Crippen LogP contribution is 2.41. The maximum atomic E-state index is 12.9. The van der Waals surface area contributed by atoms with Crippen molar-refractivity contribution in [2.45, 2.75) is 96.5 Å². The van der Waals surface area contributed by atoms with Gasteiger partial charge >= 0.3 is 12.1 Å². The fourth-order valence-electron chi connectivity index (χ4n) is 4.68. The second kappa shape index (κ2) is 11.8. The Morgan fingerprint density at radius 2 is 1.64 bits per heavy atom. The Bertz CT molecular complexity index is 1140. The van der Waals surface area contributed by atoms with Gasteiger partial charge in [-0.1, -0.05) is 17.9 Å². The van der Waals surface area contributed by atoms with Crippen LogP contribution in [0.3, 0.4) is 0 Å². The Morgan fingerprint density at radius 3 is 2.18 bits per heavy atom. The van der Waals surface area contributed by atoms with Crippen LogP contribution in [0.25, 0.3) is 0 Å². The van der Waals surface area contributed by atoms with E-state index >= 15 is 0 Å². The maximum Gasteiger partial charge on any atom is 0.408 e. The van der Waals surface area contributed by atoms with Crippen LogP contribution >= 0.6 is 0 Å². The minimum Gasteiger partial charge on any atom is -0.467 e. The van der Waals surface area contributed by atoms with Crippen molar-refractivity contribution in [2.75, 3.05) is 7.11 Å². The summed E-state index contributed by atoms with van der Waals surface area (Å²) < 4.78 is 22.0. The molecule has 212 valence electrons. The van der Waals surface area contributed by atoms with E-state index in [0.29, 0.717) is 11.5 Å². The van der Waals surface area contributed by atoms with Crippen molar-refractivity contribution >= 4 is 18.0 Å². The lowest BCUT2D eigenvalue weighted by Crippen LogP contribution is -2.62. The van der Waals surface area contributed by atoms with Crippen LogP contribution in [0.15, 0.2) is 36.4 Å². The molecule has 2 N–H and O–H groups in total. The number of amides is 2. The summed E-state index contributed by atoms with van der Waals surface area (Å²) in [6, 6.07) is 5.55. The fourth-order valence-corrected chi connectivity index (χ4v) is 4.68. The monoisotopic (exact) mass is 540 g/mol. The molecule has 1 aromatic carbocycles. The third kappa shape index (κ3) is 8.57. The van der Waals surface area contributed by atoms with Crippen LogP contribution in [-0.2, 0) is 23.7 Å². The second-order valence-electron chi connectivity index (χ2n) is 11.9. The van der Waals surface area contributed by atoms with Crippen LogP contribution in [0.4, 0.5) is 4.79 Å². The fraction of sp³-hybridized carbons (Fsp3) is 0.567. The number of hydrogen-bond acceptors (Lipinski definition) is 7. The van der Waals surface area contributed by atoms with Crippen LogP contribution in [0.1, 0.15) is 77.2 Å². The number of alkyl carbamates (subject to hydrolysis) is 1. The molecule has 2 aliphatic rings. The number of fused-ring (bicyclic) bond motifs is 1. The average Bonchev–Trinajstić information content (AvgIpc) is 3.31. The van der Waals surface area contributed by atoms with Gasteiger partial charge in [-0.3, -0.25) is 4.79 Å². The van der Waals surface area contributed by atoms with Crippen molar-refractivity contribution in [2.24, 2.45) is 5.92 Å². The van der Waals surface area contributed by atoms with Gasteiger partial charge in [-0.05, 0) is 97.6 Å². The van der Waals surface area contributed by atoms with Crippen molar-refractivity contribution in [3.05, 3.63) is 47.5 Å². The highest BCUT2D eigenvalue weighted by Gasteiger charge is 2.46. The number of benzene rings is 1. The summed E-state index contributed by atoms with van der Waals surface area (Å²) in [5, 5.41) is 5.31. The molecule has 0 spiro atoms. The van der Waals surface area contributed by atoms with E-state index in [-0.39, 0.29) is 12.2 Å². The molecule has 1 aliphatic heterocycles. The largest absolute Gasteiger partial charge is 0.467 e. The van der Waals surface area contributed by atoms with Crippen LogP contribution in [0, 0.1) is 17.8 Å². The molecule has 1 saturated carbocycles. The highest BCUT2D eigenvalue weighted by atomic mass is 16.8. The summed E-state index contributed by atoms with van der Waals surface area (Å²) in [6.07, 6.45) is 5.34. The van der Waals surface area contributed by atoms with Gasteiger partial charge in [-0.25, -0.2) is 9.59 Å². The zero-order chi connectivity index (χ0) is 29.0. The summed E-state index contributed by atoms with van der Waals surface area (Å²) >= 11 is 0. The van der Waals surface area contributed by atoms with Gasteiger partial charge in [0, 0.05) is 11.1 Å². The maximum absolute atomic E-state index is 12.9. The van der Waals surface area contributed by atoms with Gasteiger partial charge in [0.2, 0.25) is 0 Å². The van der Waals surface area contributed by atoms with Crippen molar-refractivity contribution in [3.63, 3.8) is 0 Å². The Morgan fingerprint density at radius 1 is 1.05 bits per heavy atom. The number of methoxy groups -OCH3 is 1. The van der Waals surface area contributed by atoms with Crippen molar-refractivity contribution in [3.8, 4) is 11.8 Å². The summed E-state index contributed by atoms with van der Waals surface area (Å²) in [5.41, 5.74) is -0.848. The van der Waals surface area contributed by atoms with E-state index in [9.17, 15) is 14.4 Å². The third-order valence-corrected chi connectivity index (χ3v) is 6.43. The summed E-state index contributed by atoms with van der Waals surface area (Å²) in [5.74, 6) is 4.78. The molecule has 3 rings (SSSR count).